The first kappa shape index (κ1) is 18.8. The van der Waals surface area contributed by atoms with E-state index in [1.807, 2.05) is 19.9 Å². The number of carbonyl (C=O) groups excluding carboxylic acids is 1. The Bertz CT molecular complexity index is 1090. The van der Waals surface area contributed by atoms with Gasteiger partial charge in [-0.3, -0.25) is 4.79 Å². The van der Waals surface area contributed by atoms with Crippen LogP contribution in [0.4, 0.5) is 14.6 Å². The van der Waals surface area contributed by atoms with Crippen molar-refractivity contribution in [3.63, 3.8) is 0 Å². The maximum atomic E-state index is 13.2. The van der Waals surface area contributed by atoms with Crippen molar-refractivity contribution in [2.45, 2.75) is 25.9 Å². The van der Waals surface area contributed by atoms with Gasteiger partial charge in [-0.15, -0.1) is 0 Å². The van der Waals surface area contributed by atoms with E-state index in [9.17, 15) is 13.6 Å². The molecule has 4 rings (SSSR count). The first-order chi connectivity index (χ1) is 13.8. The number of anilines is 1. The molecule has 2 heterocycles. The van der Waals surface area contributed by atoms with Gasteiger partial charge < -0.3 is 10.6 Å². The Morgan fingerprint density at radius 3 is 2.34 bits per heavy atom. The molecule has 1 aromatic heterocycles. The molecule has 0 atom stereocenters. The molecule has 2 aromatic carbocycles. The average Bonchev–Trinajstić information content (AvgIpc) is 2.98. The summed E-state index contributed by atoms with van der Waals surface area (Å²) in [4.78, 5) is 16.6. The van der Waals surface area contributed by atoms with Crippen LogP contribution in [0.15, 0.2) is 59.6 Å². The topological polar surface area (TPSA) is 71.3 Å². The zero-order valence-corrected chi connectivity index (χ0v) is 15.9. The Kier molecular flexibility index (Phi) is 4.62. The number of carbonyl (C=O) groups is 1. The fourth-order valence-corrected chi connectivity index (χ4v) is 3.10. The number of amides is 1. The zero-order chi connectivity index (χ0) is 20.6. The lowest BCUT2D eigenvalue weighted by Crippen LogP contribution is -2.47. The van der Waals surface area contributed by atoms with Crippen LogP contribution in [-0.4, -0.2) is 27.2 Å². The highest BCUT2D eigenvalue weighted by Crippen LogP contribution is 2.25. The molecule has 29 heavy (non-hydrogen) atoms. The second kappa shape index (κ2) is 7.12. The molecule has 0 bridgehead atoms. The highest BCUT2D eigenvalue weighted by Gasteiger charge is 2.27. The Morgan fingerprint density at radius 2 is 1.69 bits per heavy atom. The highest BCUT2D eigenvalue weighted by atomic mass is 19.1. The summed E-state index contributed by atoms with van der Waals surface area (Å²) in [6.45, 7) is 4.43. The van der Waals surface area contributed by atoms with Gasteiger partial charge in [0.25, 0.3) is 5.91 Å². The maximum absolute atomic E-state index is 13.2. The first-order valence-corrected chi connectivity index (χ1v) is 9.07. The van der Waals surface area contributed by atoms with Crippen LogP contribution in [0.1, 0.15) is 24.2 Å². The van der Waals surface area contributed by atoms with Crippen LogP contribution in [0.25, 0.3) is 11.3 Å². The molecule has 0 fully saturated rings. The summed E-state index contributed by atoms with van der Waals surface area (Å²) in [6, 6.07) is 13.1. The number of fused-ring (bicyclic) bond motifs is 1. The van der Waals surface area contributed by atoms with Crippen molar-refractivity contribution in [3.8, 4) is 11.3 Å². The molecule has 0 saturated carbocycles. The van der Waals surface area contributed by atoms with E-state index in [-0.39, 0.29) is 17.3 Å². The normalized spacial score (nSPS) is 16.5. The molecular weight excluding hydrogens is 376 g/mol. The van der Waals surface area contributed by atoms with E-state index < -0.39 is 17.3 Å². The minimum Gasteiger partial charge on any atom is -0.349 e. The number of aromatic nitrogens is 2. The number of guanidine groups is 1. The summed E-state index contributed by atoms with van der Waals surface area (Å²) >= 11 is 0. The lowest BCUT2D eigenvalue weighted by atomic mass is 10.1. The molecule has 1 aliphatic rings. The molecule has 6 nitrogen and oxygen atoms in total. The van der Waals surface area contributed by atoms with Gasteiger partial charge >= 0.3 is 0 Å². The summed E-state index contributed by atoms with van der Waals surface area (Å²) in [5.74, 6) is -0.311. The van der Waals surface area contributed by atoms with E-state index in [1.165, 1.54) is 36.4 Å². The maximum Gasteiger partial charge on any atom is 0.280 e. The number of nitrogens with one attached hydrogen (secondary N) is 2. The third-order valence-corrected chi connectivity index (χ3v) is 4.47. The fraction of sp³-hybridized carbons (Fsp3) is 0.190. The van der Waals surface area contributed by atoms with Crippen molar-refractivity contribution in [2.24, 2.45) is 4.99 Å². The van der Waals surface area contributed by atoms with Crippen molar-refractivity contribution in [1.82, 2.24) is 15.1 Å². The third-order valence-electron chi connectivity index (χ3n) is 4.47. The molecular formula is C21H19F2N5O. The van der Waals surface area contributed by atoms with Crippen LogP contribution in [0.5, 0.6) is 0 Å². The smallest absolute Gasteiger partial charge is 0.280 e. The SMILES string of the molecule is CC1(C)Cn2nc(-c3ccc(F)cc3)cc2N/C(=N\C(=O)c2ccc(F)cc2)N1. The second-order valence-electron chi connectivity index (χ2n) is 7.49. The number of hydrogen-bond donors (Lipinski definition) is 2. The molecule has 1 aliphatic heterocycles. The summed E-state index contributed by atoms with van der Waals surface area (Å²) < 4.78 is 28.1. The number of rotatable bonds is 2. The van der Waals surface area contributed by atoms with Gasteiger partial charge in [0.2, 0.25) is 5.96 Å². The quantitative estimate of drug-likeness (QED) is 0.692. The van der Waals surface area contributed by atoms with E-state index in [4.69, 9.17) is 0 Å². The Hall–Kier alpha value is -3.55. The Labute approximate surface area is 166 Å². The van der Waals surface area contributed by atoms with Crippen LogP contribution < -0.4 is 10.6 Å². The summed E-state index contributed by atoms with van der Waals surface area (Å²) in [5, 5.41) is 10.9. The standard InChI is InChI=1S/C21H19F2N5O/c1-21(2)12-28-18(11-17(27-28)13-3-7-15(22)8-4-13)24-20(26-21)25-19(29)14-5-9-16(23)10-6-14/h3-11H,12H2,1-2H3,(H2,24,25,26,29). The lowest BCUT2D eigenvalue weighted by molar-refractivity contribution is 0.100. The molecule has 148 valence electrons. The predicted molar refractivity (Wildman–Crippen MR) is 107 cm³/mol. The van der Waals surface area contributed by atoms with Crippen LogP contribution in [0, 0.1) is 11.6 Å². The van der Waals surface area contributed by atoms with Crippen LogP contribution in [0.3, 0.4) is 0 Å². The van der Waals surface area contributed by atoms with Crippen LogP contribution in [0.2, 0.25) is 0 Å². The Morgan fingerprint density at radius 1 is 1.07 bits per heavy atom. The second-order valence-corrected chi connectivity index (χ2v) is 7.49. The number of nitrogens with zero attached hydrogens (tertiary/aromatic N) is 3. The largest absolute Gasteiger partial charge is 0.349 e. The fourth-order valence-electron chi connectivity index (χ4n) is 3.10. The van der Waals surface area contributed by atoms with E-state index in [0.717, 1.165) is 5.56 Å². The van der Waals surface area contributed by atoms with Crippen molar-refractivity contribution in [3.05, 3.63) is 71.8 Å². The van der Waals surface area contributed by atoms with Gasteiger partial charge in [0.1, 0.15) is 17.5 Å². The summed E-state index contributed by atoms with van der Waals surface area (Å²) in [7, 11) is 0. The van der Waals surface area contributed by atoms with Gasteiger partial charge in [-0.05, 0) is 62.4 Å². The molecule has 3 aromatic rings. The molecule has 0 radical (unpaired) electrons. The van der Waals surface area contributed by atoms with E-state index in [0.29, 0.717) is 18.1 Å². The van der Waals surface area contributed by atoms with Crippen molar-refractivity contribution < 1.29 is 13.6 Å². The number of halogens is 2. The number of benzene rings is 2. The lowest BCUT2D eigenvalue weighted by Gasteiger charge is -2.24. The summed E-state index contributed by atoms with van der Waals surface area (Å²) in [6.07, 6.45) is 0. The molecule has 0 aliphatic carbocycles. The minimum atomic E-state index is -0.498. The van der Waals surface area contributed by atoms with Gasteiger partial charge in [0, 0.05) is 17.2 Å². The zero-order valence-electron chi connectivity index (χ0n) is 15.9. The van der Waals surface area contributed by atoms with Crippen molar-refractivity contribution in [2.75, 3.05) is 5.32 Å². The van der Waals surface area contributed by atoms with Crippen molar-refractivity contribution in [1.29, 1.82) is 0 Å². The van der Waals surface area contributed by atoms with E-state index >= 15 is 0 Å². The monoisotopic (exact) mass is 395 g/mol. The van der Waals surface area contributed by atoms with E-state index in [2.05, 4.69) is 20.7 Å². The number of hydrogen-bond acceptors (Lipinski definition) is 2. The van der Waals surface area contributed by atoms with Crippen LogP contribution in [-0.2, 0) is 6.54 Å². The van der Waals surface area contributed by atoms with Gasteiger partial charge in [-0.25, -0.2) is 13.5 Å². The average molecular weight is 395 g/mol. The summed E-state index contributed by atoms with van der Waals surface area (Å²) in [5.41, 5.74) is 1.28. The molecule has 8 heteroatoms. The highest BCUT2D eigenvalue weighted by molar-refractivity contribution is 6.07. The minimum absolute atomic E-state index is 0.272. The molecule has 2 N–H and O–H groups in total. The molecule has 0 spiro atoms. The van der Waals surface area contributed by atoms with Crippen LogP contribution >= 0.6 is 0 Å². The van der Waals surface area contributed by atoms with Gasteiger partial charge in [0.05, 0.1) is 17.8 Å². The molecule has 0 saturated heterocycles. The molecule has 0 unspecified atom stereocenters. The van der Waals surface area contributed by atoms with Crippen molar-refractivity contribution >= 4 is 17.7 Å². The van der Waals surface area contributed by atoms with E-state index in [1.54, 1.807) is 16.8 Å². The third kappa shape index (κ3) is 4.16. The predicted octanol–water partition coefficient (Wildman–Crippen LogP) is 3.82. The van der Waals surface area contributed by atoms with Gasteiger partial charge in [-0.2, -0.15) is 10.1 Å². The van der Waals surface area contributed by atoms with Gasteiger partial charge in [0.15, 0.2) is 0 Å². The van der Waals surface area contributed by atoms with Gasteiger partial charge in [-0.1, -0.05) is 0 Å². The first-order valence-electron chi connectivity index (χ1n) is 9.07. The molecule has 1 amide bonds. The Balaban J connectivity index is 1.66. The number of aliphatic imine (C=N–C) groups is 1.